The molecule has 0 N–H and O–H groups in total. The molecule has 0 aliphatic heterocycles. The van der Waals surface area contributed by atoms with E-state index in [1.54, 1.807) is 0 Å². The third kappa shape index (κ3) is 7.62. The number of hydrogen-bond acceptors (Lipinski definition) is 3. The van der Waals surface area contributed by atoms with E-state index in [2.05, 4.69) is 267 Å². The summed E-state index contributed by atoms with van der Waals surface area (Å²) in [6.07, 6.45) is 0. The normalized spacial score (nSPS) is 11.4. The summed E-state index contributed by atoms with van der Waals surface area (Å²) < 4.78 is 0. The van der Waals surface area contributed by atoms with Crippen LogP contribution in [0.1, 0.15) is 22.3 Å². The molecule has 0 radical (unpaired) electrons. The highest BCUT2D eigenvalue weighted by atomic mass is 15.2. The van der Waals surface area contributed by atoms with E-state index in [9.17, 15) is 0 Å². The van der Waals surface area contributed by atoms with Gasteiger partial charge in [0.25, 0.3) is 0 Å². The van der Waals surface area contributed by atoms with Crippen LogP contribution in [0, 0.1) is 27.7 Å². The molecule has 11 rings (SSSR count). The molecular formula is C62H49N3. The molecule has 0 aliphatic carbocycles. The predicted molar refractivity (Wildman–Crippen MR) is 279 cm³/mol. The van der Waals surface area contributed by atoms with Crippen LogP contribution in [0.3, 0.4) is 0 Å². The van der Waals surface area contributed by atoms with Gasteiger partial charge in [0.2, 0.25) is 0 Å². The minimum absolute atomic E-state index is 1.11. The Morgan fingerprint density at radius 3 is 0.677 bits per heavy atom. The van der Waals surface area contributed by atoms with Crippen molar-refractivity contribution in [3.8, 4) is 0 Å². The molecule has 0 saturated heterocycles. The molecule has 3 nitrogen and oxygen atoms in total. The Kier molecular flexibility index (Phi) is 10.1. The number of aryl methyl sites for hydroxylation is 4. The van der Waals surface area contributed by atoms with Gasteiger partial charge in [-0.15, -0.1) is 0 Å². The van der Waals surface area contributed by atoms with Crippen molar-refractivity contribution < 1.29 is 0 Å². The molecule has 11 aromatic carbocycles. The average molecular weight is 836 g/mol. The summed E-state index contributed by atoms with van der Waals surface area (Å²) in [6.45, 7) is 8.55. The first-order chi connectivity index (χ1) is 31.8. The summed E-state index contributed by atoms with van der Waals surface area (Å²) >= 11 is 0. The van der Waals surface area contributed by atoms with Gasteiger partial charge in [-0.1, -0.05) is 138 Å². The number of hydrogen-bond donors (Lipinski definition) is 0. The van der Waals surface area contributed by atoms with Crippen molar-refractivity contribution in [3.05, 3.63) is 247 Å². The monoisotopic (exact) mass is 835 g/mol. The topological polar surface area (TPSA) is 9.72 Å². The first-order valence-electron chi connectivity index (χ1n) is 22.5. The second-order valence-electron chi connectivity index (χ2n) is 17.4. The van der Waals surface area contributed by atoms with E-state index in [-0.39, 0.29) is 0 Å². The number of para-hydroxylation sites is 1. The van der Waals surface area contributed by atoms with Crippen LogP contribution in [0.15, 0.2) is 224 Å². The number of rotatable bonds is 9. The number of nitrogens with zero attached hydrogens (tertiary/aromatic N) is 3. The van der Waals surface area contributed by atoms with Gasteiger partial charge < -0.3 is 14.7 Å². The largest absolute Gasteiger partial charge is 0.310 e. The van der Waals surface area contributed by atoms with E-state index in [1.807, 2.05) is 0 Å². The fourth-order valence-corrected chi connectivity index (χ4v) is 9.34. The highest BCUT2D eigenvalue weighted by Crippen LogP contribution is 2.43. The van der Waals surface area contributed by atoms with Gasteiger partial charge in [-0.25, -0.2) is 0 Å². The molecule has 0 atom stereocenters. The summed E-state index contributed by atoms with van der Waals surface area (Å²) in [7, 11) is 0. The molecule has 0 heterocycles. The fraction of sp³-hybridized carbons (Fsp3) is 0.0645. The SMILES string of the molecule is Cc1ccc(N(c2ccc(C)cc2)c2ccc3c(ccc4cc(N(c5ccccc5)c5ccc6c(ccc7cc(N(c8ccc(C)cc8)c8ccc(C)cc8)ccc76)c5)ccc43)c2)cc1. The molecule has 3 heteroatoms. The molecule has 0 spiro atoms. The lowest BCUT2D eigenvalue weighted by atomic mass is 9.99. The van der Waals surface area contributed by atoms with Crippen LogP contribution in [0.4, 0.5) is 51.2 Å². The van der Waals surface area contributed by atoms with Crippen molar-refractivity contribution in [2.24, 2.45) is 0 Å². The zero-order valence-electron chi connectivity index (χ0n) is 37.2. The van der Waals surface area contributed by atoms with Crippen LogP contribution in [0.5, 0.6) is 0 Å². The smallest absolute Gasteiger partial charge is 0.0468 e. The molecule has 11 aromatic rings. The van der Waals surface area contributed by atoms with Gasteiger partial charge in [0.05, 0.1) is 0 Å². The second-order valence-corrected chi connectivity index (χ2v) is 17.4. The maximum absolute atomic E-state index is 2.38. The number of anilines is 9. The van der Waals surface area contributed by atoms with Gasteiger partial charge in [0.15, 0.2) is 0 Å². The summed E-state index contributed by atoms with van der Waals surface area (Å²) in [5.74, 6) is 0. The summed E-state index contributed by atoms with van der Waals surface area (Å²) in [6, 6.07) is 82.5. The van der Waals surface area contributed by atoms with Crippen molar-refractivity contribution in [3.63, 3.8) is 0 Å². The van der Waals surface area contributed by atoms with Crippen molar-refractivity contribution in [1.29, 1.82) is 0 Å². The highest BCUT2D eigenvalue weighted by Gasteiger charge is 2.18. The summed E-state index contributed by atoms with van der Waals surface area (Å²) in [4.78, 5) is 7.07. The second kappa shape index (κ2) is 16.5. The maximum atomic E-state index is 2.38. The quantitative estimate of drug-likeness (QED) is 0.134. The molecule has 312 valence electrons. The van der Waals surface area contributed by atoms with E-state index < -0.39 is 0 Å². The van der Waals surface area contributed by atoms with Crippen LogP contribution in [0.2, 0.25) is 0 Å². The van der Waals surface area contributed by atoms with E-state index in [1.165, 1.54) is 65.3 Å². The first kappa shape index (κ1) is 39.7. The van der Waals surface area contributed by atoms with Gasteiger partial charge in [0, 0.05) is 51.2 Å². The number of benzene rings is 11. The minimum atomic E-state index is 1.11. The Bertz CT molecular complexity index is 3190. The maximum Gasteiger partial charge on any atom is 0.0468 e. The Labute approximate surface area is 381 Å². The van der Waals surface area contributed by atoms with Crippen LogP contribution in [0.25, 0.3) is 43.1 Å². The van der Waals surface area contributed by atoms with Crippen LogP contribution in [-0.2, 0) is 0 Å². The molecular weight excluding hydrogens is 787 g/mol. The van der Waals surface area contributed by atoms with Gasteiger partial charge >= 0.3 is 0 Å². The lowest BCUT2D eigenvalue weighted by Crippen LogP contribution is -2.10. The first-order valence-corrected chi connectivity index (χ1v) is 22.5. The summed E-state index contributed by atoms with van der Waals surface area (Å²) in [5.41, 5.74) is 15.1. The van der Waals surface area contributed by atoms with Crippen LogP contribution in [-0.4, -0.2) is 0 Å². The number of fused-ring (bicyclic) bond motifs is 6. The van der Waals surface area contributed by atoms with Gasteiger partial charge in [-0.2, -0.15) is 0 Å². The molecule has 0 aliphatic rings. The van der Waals surface area contributed by atoms with E-state index in [0.29, 0.717) is 0 Å². The molecule has 0 aromatic heterocycles. The zero-order valence-corrected chi connectivity index (χ0v) is 37.2. The van der Waals surface area contributed by atoms with Gasteiger partial charge in [-0.05, 0) is 180 Å². The van der Waals surface area contributed by atoms with Gasteiger partial charge in [0.1, 0.15) is 0 Å². The Morgan fingerprint density at radius 2 is 0.415 bits per heavy atom. The van der Waals surface area contributed by atoms with E-state index in [0.717, 1.165) is 51.2 Å². The molecule has 0 unspecified atom stereocenters. The zero-order chi connectivity index (χ0) is 44.0. The Morgan fingerprint density at radius 1 is 0.200 bits per heavy atom. The Balaban J connectivity index is 0.960. The van der Waals surface area contributed by atoms with Crippen molar-refractivity contribution >= 4 is 94.3 Å². The minimum Gasteiger partial charge on any atom is -0.310 e. The lowest BCUT2D eigenvalue weighted by Gasteiger charge is -2.27. The standard InChI is InChI=1S/C62H49N3/c1-42-10-22-51(23-11-42)63(52-24-12-43(2)13-25-52)55-30-34-59-46(38-55)18-20-48-40-57(32-36-61(48)59)65(50-8-6-5-7-9-50)58-33-37-62-49(41-58)21-19-47-39-56(31-35-60(47)62)64(53-26-14-44(3)15-27-53)54-28-16-45(4)17-29-54/h5-41H,1-4H3. The third-order valence-electron chi connectivity index (χ3n) is 12.8. The van der Waals surface area contributed by atoms with Crippen molar-refractivity contribution in [2.45, 2.75) is 27.7 Å². The lowest BCUT2D eigenvalue weighted by molar-refractivity contribution is 1.27. The predicted octanol–water partition coefficient (Wildman–Crippen LogP) is 17.9. The molecule has 0 saturated carbocycles. The summed E-state index contributed by atoms with van der Waals surface area (Å²) in [5, 5.41) is 9.75. The molecule has 65 heavy (non-hydrogen) atoms. The fourth-order valence-electron chi connectivity index (χ4n) is 9.34. The molecule has 0 fully saturated rings. The third-order valence-corrected chi connectivity index (χ3v) is 12.8. The van der Waals surface area contributed by atoms with Gasteiger partial charge in [-0.3, -0.25) is 0 Å². The van der Waals surface area contributed by atoms with Crippen molar-refractivity contribution in [2.75, 3.05) is 14.7 Å². The Hall–Kier alpha value is -8.14. The van der Waals surface area contributed by atoms with Crippen molar-refractivity contribution in [1.82, 2.24) is 0 Å². The molecule has 0 bridgehead atoms. The van der Waals surface area contributed by atoms with Crippen LogP contribution < -0.4 is 14.7 Å². The average Bonchev–Trinajstić information content (AvgIpc) is 3.34. The highest BCUT2D eigenvalue weighted by molar-refractivity contribution is 6.11. The van der Waals surface area contributed by atoms with E-state index in [4.69, 9.17) is 0 Å². The van der Waals surface area contributed by atoms with Crippen LogP contribution >= 0.6 is 0 Å². The van der Waals surface area contributed by atoms with E-state index >= 15 is 0 Å². The molecule has 0 amide bonds.